The fourth-order valence-corrected chi connectivity index (χ4v) is 2.76. The minimum atomic E-state index is -5.21. The first kappa shape index (κ1) is 24.4. The molecule has 0 saturated heterocycles. The number of ether oxygens (including phenoxy) is 4. The summed E-state index contributed by atoms with van der Waals surface area (Å²) in [6.45, 7) is 0. The van der Waals surface area contributed by atoms with Crippen molar-refractivity contribution in [2.24, 2.45) is 0 Å². The molecule has 0 spiro atoms. The van der Waals surface area contributed by atoms with E-state index in [0.717, 1.165) is 5.56 Å². The summed E-state index contributed by atoms with van der Waals surface area (Å²) in [6.07, 6.45) is 3.46. The molecule has 2 rings (SSSR count). The van der Waals surface area contributed by atoms with Crippen LogP contribution in [0.2, 0.25) is 0 Å². The van der Waals surface area contributed by atoms with Gasteiger partial charge in [-0.1, -0.05) is 18.2 Å². The first-order valence-corrected chi connectivity index (χ1v) is 9.15. The van der Waals surface area contributed by atoms with Crippen molar-refractivity contribution in [2.45, 2.75) is 0 Å². The van der Waals surface area contributed by atoms with E-state index in [1.54, 1.807) is 30.4 Å². The quantitative estimate of drug-likeness (QED) is 0.309. The first-order valence-electron chi connectivity index (χ1n) is 7.69. The van der Waals surface area contributed by atoms with Gasteiger partial charge in [0, 0.05) is 0 Å². The molecule has 28 heavy (non-hydrogen) atoms. The molecule has 2 aromatic rings. The molecule has 0 heterocycles. The molecule has 10 heteroatoms. The smallest absolute Gasteiger partial charge is 0.780 e. The summed E-state index contributed by atoms with van der Waals surface area (Å²) in [7, 11) is 0.680. The van der Waals surface area contributed by atoms with Crippen LogP contribution in [0.25, 0.3) is 12.2 Å². The third kappa shape index (κ3) is 6.44. The van der Waals surface area contributed by atoms with Gasteiger partial charge in [0.15, 0.2) is 23.0 Å². The molecule has 0 saturated carbocycles. The van der Waals surface area contributed by atoms with Gasteiger partial charge in [-0.05, 0) is 35.4 Å². The molecule has 0 amide bonds. The van der Waals surface area contributed by atoms with Gasteiger partial charge in [-0.15, -0.1) is 0 Å². The van der Waals surface area contributed by atoms with Gasteiger partial charge in [-0.3, -0.25) is 0 Å². The second-order valence-corrected chi connectivity index (χ2v) is 6.32. The largest absolute Gasteiger partial charge is 1.00 e. The SMILES string of the molecule is COc1ccc(/C=C\c2cc(OC)c(OC)c(OC)c2)cc1OP(=O)([O-])[O-].[Na+]. The van der Waals surface area contributed by atoms with Crippen LogP contribution in [0.3, 0.4) is 0 Å². The van der Waals surface area contributed by atoms with Crippen LogP contribution in [0.5, 0.6) is 28.7 Å². The Morgan fingerprint density at radius 2 is 1.25 bits per heavy atom. The second kappa shape index (κ2) is 10.8. The molecule has 0 aliphatic carbocycles. The van der Waals surface area contributed by atoms with Crippen molar-refractivity contribution in [3.05, 3.63) is 41.5 Å². The predicted molar refractivity (Wildman–Crippen MR) is 96.3 cm³/mol. The Labute approximate surface area is 185 Å². The van der Waals surface area contributed by atoms with Crippen LogP contribution in [0.4, 0.5) is 0 Å². The second-order valence-electron chi connectivity index (χ2n) is 5.24. The average molecular weight is 417 g/mol. The zero-order valence-corrected chi connectivity index (χ0v) is 19.1. The third-order valence-electron chi connectivity index (χ3n) is 3.55. The van der Waals surface area contributed by atoms with Gasteiger partial charge in [-0.25, -0.2) is 0 Å². The number of phosphoric ester groups is 1. The molecule has 2 aromatic carbocycles. The molecule has 0 atom stereocenters. The van der Waals surface area contributed by atoms with Crippen LogP contribution >= 0.6 is 7.82 Å². The maximum absolute atomic E-state index is 10.9. The molecule has 146 valence electrons. The van der Waals surface area contributed by atoms with E-state index in [1.165, 1.54) is 40.6 Å². The van der Waals surface area contributed by atoms with E-state index in [-0.39, 0.29) is 41.1 Å². The molecule has 0 N–H and O–H groups in total. The van der Waals surface area contributed by atoms with Crippen LogP contribution < -0.4 is 62.8 Å². The Kier molecular flexibility index (Phi) is 9.36. The molecule has 0 unspecified atom stereocenters. The molecule has 0 aliphatic heterocycles. The topological polar surface area (TPSA) is 109 Å². The fraction of sp³-hybridized carbons (Fsp3) is 0.222. The Hall–Kier alpha value is -1.67. The summed E-state index contributed by atoms with van der Waals surface area (Å²) in [5, 5.41) is 0. The van der Waals surface area contributed by atoms with Crippen LogP contribution in [0.1, 0.15) is 11.1 Å². The van der Waals surface area contributed by atoms with Gasteiger partial charge in [0.2, 0.25) is 5.75 Å². The summed E-state index contributed by atoms with van der Waals surface area (Å²) < 4.78 is 36.2. The van der Waals surface area contributed by atoms with Gasteiger partial charge in [0.05, 0.1) is 28.4 Å². The maximum Gasteiger partial charge on any atom is 1.00 e. The van der Waals surface area contributed by atoms with Crippen molar-refractivity contribution in [2.75, 3.05) is 28.4 Å². The number of hydrogen-bond donors (Lipinski definition) is 0. The number of hydrogen-bond acceptors (Lipinski definition) is 8. The van der Waals surface area contributed by atoms with Gasteiger partial charge >= 0.3 is 29.6 Å². The average Bonchev–Trinajstić information content (AvgIpc) is 2.64. The van der Waals surface area contributed by atoms with Crippen molar-refractivity contribution in [1.82, 2.24) is 0 Å². The van der Waals surface area contributed by atoms with Crippen molar-refractivity contribution in [3.63, 3.8) is 0 Å². The summed E-state index contributed by atoms with van der Waals surface area (Å²) in [4.78, 5) is 21.8. The fourth-order valence-electron chi connectivity index (χ4n) is 2.38. The monoisotopic (exact) mass is 417 g/mol. The van der Waals surface area contributed by atoms with E-state index >= 15 is 0 Å². The standard InChI is InChI=1S/C18H21O8P.Na/c1-22-14-8-7-12(9-15(14)26-27(19,20)21)5-6-13-10-16(23-2)18(25-4)17(11-13)24-3;/h5-11H,1-4H3,(H2,19,20,21);/q;+1/p-2/b6-5-;. The summed E-state index contributed by atoms with van der Waals surface area (Å²) in [6, 6.07) is 8.07. The Balaban J connectivity index is 0.00000392. The molecular formula is C18H19NaO8P-. The minimum Gasteiger partial charge on any atom is -0.780 e. The zero-order chi connectivity index (χ0) is 20.0. The summed E-state index contributed by atoms with van der Waals surface area (Å²) >= 11 is 0. The Morgan fingerprint density at radius 1 is 0.750 bits per heavy atom. The molecule has 8 nitrogen and oxygen atoms in total. The van der Waals surface area contributed by atoms with Crippen LogP contribution in [0, 0.1) is 0 Å². The first-order chi connectivity index (χ1) is 12.8. The minimum absolute atomic E-state index is 0. The van der Waals surface area contributed by atoms with Crippen molar-refractivity contribution in [1.29, 1.82) is 0 Å². The molecule has 0 fully saturated rings. The molecule has 0 aliphatic rings. The number of methoxy groups -OCH3 is 4. The molecule has 0 radical (unpaired) electrons. The van der Waals surface area contributed by atoms with Crippen molar-refractivity contribution >= 4 is 20.0 Å². The number of rotatable bonds is 8. The zero-order valence-electron chi connectivity index (χ0n) is 16.3. The molecular weight excluding hydrogens is 398 g/mol. The molecule has 0 bridgehead atoms. The van der Waals surface area contributed by atoms with E-state index in [1.807, 2.05) is 0 Å². The molecule has 0 aromatic heterocycles. The van der Waals surface area contributed by atoms with E-state index in [4.69, 9.17) is 18.9 Å². The summed E-state index contributed by atoms with van der Waals surface area (Å²) in [5.74, 6) is 1.41. The van der Waals surface area contributed by atoms with Crippen LogP contribution in [-0.2, 0) is 4.57 Å². The van der Waals surface area contributed by atoms with Gasteiger partial charge in [-0.2, -0.15) is 0 Å². The Morgan fingerprint density at radius 3 is 1.71 bits per heavy atom. The van der Waals surface area contributed by atoms with Gasteiger partial charge < -0.3 is 37.8 Å². The Bertz CT molecular complexity index is 853. The van der Waals surface area contributed by atoms with E-state index < -0.39 is 7.82 Å². The predicted octanol–water partition coefficient (Wildman–Crippen LogP) is -0.897. The van der Waals surface area contributed by atoms with E-state index in [0.29, 0.717) is 22.8 Å². The van der Waals surface area contributed by atoms with E-state index in [9.17, 15) is 14.4 Å². The summed E-state index contributed by atoms with van der Waals surface area (Å²) in [5.41, 5.74) is 1.34. The van der Waals surface area contributed by atoms with E-state index in [2.05, 4.69) is 4.52 Å². The van der Waals surface area contributed by atoms with Crippen LogP contribution in [-0.4, -0.2) is 28.4 Å². The number of benzene rings is 2. The van der Waals surface area contributed by atoms with Crippen molar-refractivity contribution < 1.29 is 67.4 Å². The maximum atomic E-state index is 10.9. The number of phosphoric acid groups is 1. The van der Waals surface area contributed by atoms with Crippen molar-refractivity contribution in [3.8, 4) is 28.7 Å². The van der Waals surface area contributed by atoms with Gasteiger partial charge in [0.1, 0.15) is 7.82 Å². The third-order valence-corrected chi connectivity index (χ3v) is 3.97. The normalized spacial score (nSPS) is 10.9. The van der Waals surface area contributed by atoms with Crippen LogP contribution in [0.15, 0.2) is 30.3 Å². The van der Waals surface area contributed by atoms with Gasteiger partial charge in [0.25, 0.3) is 0 Å².